The second-order valence-electron chi connectivity index (χ2n) is 10.7. The predicted octanol–water partition coefficient (Wildman–Crippen LogP) is 7.81. The number of aromatic amines is 2. The maximum absolute atomic E-state index is 11.5. The van der Waals surface area contributed by atoms with Crippen molar-refractivity contribution in [3.63, 3.8) is 0 Å². The molecule has 0 spiro atoms. The van der Waals surface area contributed by atoms with E-state index in [0.717, 1.165) is 78.0 Å². The number of aromatic nitrogens is 4. The zero-order valence-electron chi connectivity index (χ0n) is 24.6. The Bertz CT molecular complexity index is 1920. The van der Waals surface area contributed by atoms with Crippen LogP contribution in [0.25, 0.3) is 56.5 Å². The molecule has 9 heteroatoms. The number of H-pyrrole nitrogens is 2. The Morgan fingerprint density at radius 2 is 1.07 bits per heavy atom. The van der Waals surface area contributed by atoms with Gasteiger partial charge in [-0.3, -0.25) is 9.59 Å². The molecule has 0 unspecified atom stereocenters. The van der Waals surface area contributed by atoms with Gasteiger partial charge in [0.2, 0.25) is 0 Å². The minimum absolute atomic E-state index is 0. The summed E-state index contributed by atoms with van der Waals surface area (Å²) in [4.78, 5) is 40.0. The average molecular weight is 671 g/mol. The molecular formula is C34H34AgN4O4+. The Labute approximate surface area is 265 Å². The van der Waals surface area contributed by atoms with Gasteiger partial charge >= 0.3 is 34.3 Å². The van der Waals surface area contributed by atoms with Crippen molar-refractivity contribution in [2.45, 2.75) is 53.4 Å². The van der Waals surface area contributed by atoms with Crippen molar-refractivity contribution in [2.24, 2.45) is 0 Å². The van der Waals surface area contributed by atoms with Gasteiger partial charge in [0.1, 0.15) is 0 Å². The molecule has 5 rings (SSSR count). The second-order valence-corrected chi connectivity index (χ2v) is 10.7. The Morgan fingerprint density at radius 3 is 1.49 bits per heavy atom. The minimum atomic E-state index is -0.889. The summed E-state index contributed by atoms with van der Waals surface area (Å²) in [7, 11) is 0. The molecule has 224 valence electrons. The van der Waals surface area contributed by atoms with E-state index in [1.165, 1.54) is 0 Å². The third-order valence-corrected chi connectivity index (χ3v) is 8.22. The van der Waals surface area contributed by atoms with Gasteiger partial charge in [0.05, 0.1) is 22.8 Å². The Kier molecular flexibility index (Phi) is 9.25. The summed E-state index contributed by atoms with van der Waals surface area (Å²) < 4.78 is 0. The summed E-state index contributed by atoms with van der Waals surface area (Å²) >= 11 is 0. The molecule has 0 aliphatic carbocycles. The minimum Gasteiger partial charge on any atom is -0.481 e. The number of rotatable bonds is 8. The van der Waals surface area contributed by atoms with Gasteiger partial charge in [0.15, 0.2) is 0 Å². The molecule has 0 amide bonds. The molecule has 0 atom stereocenters. The second kappa shape index (κ2) is 12.6. The van der Waals surface area contributed by atoms with E-state index in [2.05, 4.69) is 29.2 Å². The summed E-state index contributed by atoms with van der Waals surface area (Å²) in [6, 6.07) is 7.88. The maximum Gasteiger partial charge on any atom is 1.00 e. The van der Waals surface area contributed by atoms with E-state index in [9.17, 15) is 19.8 Å². The number of allylic oxidation sites excluding steroid dienone is 4. The zero-order valence-corrected chi connectivity index (χ0v) is 26.1. The molecule has 0 aromatic carbocycles. The Balaban J connectivity index is 0.00000423. The van der Waals surface area contributed by atoms with Gasteiger partial charge in [-0.15, -0.1) is 0 Å². The first-order valence-corrected chi connectivity index (χ1v) is 13.9. The third kappa shape index (κ3) is 5.99. The molecule has 0 saturated carbocycles. The number of hydrogen-bond donors (Lipinski definition) is 4. The first-order chi connectivity index (χ1) is 20.0. The van der Waals surface area contributed by atoms with E-state index >= 15 is 0 Å². The van der Waals surface area contributed by atoms with E-state index in [0.29, 0.717) is 24.2 Å². The molecule has 2 aliphatic rings. The van der Waals surface area contributed by atoms with Crippen LogP contribution in [0, 0.1) is 13.8 Å². The number of hydrogen-bond acceptors (Lipinski definition) is 4. The molecule has 3 aromatic rings. The first kappa shape index (κ1) is 31.7. The molecule has 3 aromatic heterocycles. The van der Waals surface area contributed by atoms with Crippen LogP contribution in [0.5, 0.6) is 0 Å². The number of aryl methyl sites for hydroxylation is 2. The number of nitrogens with zero attached hydrogens (tertiary/aromatic N) is 2. The van der Waals surface area contributed by atoms with E-state index < -0.39 is 11.9 Å². The predicted molar refractivity (Wildman–Crippen MR) is 169 cm³/mol. The van der Waals surface area contributed by atoms with Crippen molar-refractivity contribution >= 4 is 68.4 Å². The fourth-order valence-electron chi connectivity index (χ4n) is 5.77. The van der Waals surface area contributed by atoms with E-state index in [4.69, 9.17) is 9.97 Å². The van der Waals surface area contributed by atoms with Crippen LogP contribution in [0.1, 0.15) is 84.6 Å². The number of carboxylic acid groups (broad SMARTS) is 2. The Morgan fingerprint density at radius 1 is 0.674 bits per heavy atom. The van der Waals surface area contributed by atoms with Gasteiger partial charge in [0, 0.05) is 46.0 Å². The van der Waals surface area contributed by atoms with Crippen LogP contribution in [0.15, 0.2) is 37.4 Å². The van der Waals surface area contributed by atoms with Crippen LogP contribution in [0.2, 0.25) is 0 Å². The Hall–Kier alpha value is -4.24. The van der Waals surface area contributed by atoms with Crippen molar-refractivity contribution in [3.8, 4) is 0 Å². The molecule has 0 saturated heterocycles. The molecule has 5 heterocycles. The topological polar surface area (TPSA) is 132 Å². The molecule has 2 aliphatic heterocycles. The van der Waals surface area contributed by atoms with Gasteiger partial charge in [-0.25, -0.2) is 9.97 Å². The number of carbonyl (C=O) groups is 2. The van der Waals surface area contributed by atoms with Gasteiger partial charge in [-0.1, -0.05) is 25.3 Å². The summed E-state index contributed by atoms with van der Waals surface area (Å²) in [6.07, 6.45) is 4.20. The molecule has 0 radical (unpaired) electrons. The van der Waals surface area contributed by atoms with Crippen molar-refractivity contribution in [2.75, 3.05) is 0 Å². The van der Waals surface area contributed by atoms with Crippen molar-refractivity contribution in [1.29, 1.82) is 0 Å². The zero-order chi connectivity index (χ0) is 30.3. The van der Waals surface area contributed by atoms with Crippen LogP contribution in [-0.2, 0) is 32.0 Å². The number of nitrogens with one attached hydrogen (secondary N) is 2. The van der Waals surface area contributed by atoms with Gasteiger partial charge in [0.25, 0.3) is 0 Å². The summed E-state index contributed by atoms with van der Waals surface area (Å²) in [5.74, 6) is -1.78. The summed E-state index contributed by atoms with van der Waals surface area (Å²) in [5.41, 5.74) is 13.7. The van der Waals surface area contributed by atoms with Crippen LogP contribution < -0.4 is 0 Å². The van der Waals surface area contributed by atoms with Gasteiger partial charge < -0.3 is 20.2 Å². The number of carboxylic acids is 2. The normalized spacial score (nSPS) is 12.7. The van der Waals surface area contributed by atoms with E-state index in [1.807, 2.05) is 58.0 Å². The van der Waals surface area contributed by atoms with Gasteiger partial charge in [-0.05, 0) is 98.2 Å². The molecule has 0 fully saturated rings. The first-order valence-electron chi connectivity index (χ1n) is 13.9. The molecule has 8 nitrogen and oxygen atoms in total. The standard InChI is InChI=1S/C34H34N4O4.Ag/c1-7-21-17(3)25-13-26-19(5)23(9-11-33(39)40)31(37-26)16-32-24(10-12-34(41)42)20(6)28(38-32)15-30-22(8-2)18(4)27(36-30)14-29(21)35-25;/h7-8,13-16,35-36H,1-2,9-12H2,3-6H3,(H,39,40)(H,41,42);/q;+1. The molecule has 43 heavy (non-hydrogen) atoms. The smallest absolute Gasteiger partial charge is 0.481 e. The van der Waals surface area contributed by atoms with Crippen molar-refractivity contribution in [1.82, 2.24) is 19.9 Å². The number of fused-ring (bicyclic) bond motifs is 8. The maximum atomic E-state index is 11.5. The van der Waals surface area contributed by atoms with Crippen LogP contribution in [0.3, 0.4) is 0 Å². The van der Waals surface area contributed by atoms with Gasteiger partial charge in [-0.2, -0.15) is 0 Å². The largest absolute Gasteiger partial charge is 1.00 e. The molecular weight excluding hydrogens is 636 g/mol. The third-order valence-electron chi connectivity index (χ3n) is 8.22. The van der Waals surface area contributed by atoms with Crippen molar-refractivity contribution < 1.29 is 42.2 Å². The SMILES string of the molecule is C=Cc1c(C)c2cc3[nH]c(cc4nc(cc5nc(cc1[nH]2)C(C)=C5CCC(=O)O)C(CCC(=O)O)=C4C)c(C)c3C=C.[Ag+]. The molecule has 8 bridgehead atoms. The monoisotopic (exact) mass is 669 g/mol. The van der Waals surface area contributed by atoms with Crippen LogP contribution >= 0.6 is 0 Å². The average Bonchev–Trinajstić information content (AvgIpc) is 3.59. The fraction of sp³-hybridized carbons (Fsp3) is 0.235. The van der Waals surface area contributed by atoms with Crippen molar-refractivity contribution in [3.05, 3.63) is 82.5 Å². The number of aliphatic carboxylic acids is 2. The van der Waals surface area contributed by atoms with E-state index in [-0.39, 0.29) is 35.2 Å². The molecule has 4 N–H and O–H groups in total. The quantitative estimate of drug-likeness (QED) is 0.181. The summed E-state index contributed by atoms with van der Waals surface area (Å²) in [5, 5.41) is 18.9. The van der Waals surface area contributed by atoms with Crippen LogP contribution in [0.4, 0.5) is 0 Å². The van der Waals surface area contributed by atoms with Crippen LogP contribution in [-0.4, -0.2) is 42.1 Å². The van der Waals surface area contributed by atoms with E-state index in [1.54, 1.807) is 0 Å². The summed E-state index contributed by atoms with van der Waals surface area (Å²) in [6.45, 7) is 16.1. The fourth-order valence-corrected chi connectivity index (χ4v) is 5.77.